The number of likely N-dealkylation sites (N-methyl/N-ethyl adjacent to an activating group) is 1. The van der Waals surface area contributed by atoms with E-state index < -0.39 is 65.7 Å². The molecular weight excluding hydrogens is 858 g/mol. The van der Waals surface area contributed by atoms with Gasteiger partial charge < -0.3 is 70.0 Å². The first kappa shape index (κ1) is 63.2. The van der Waals surface area contributed by atoms with Crippen LogP contribution in [0.4, 0.5) is 0 Å². The highest BCUT2D eigenvalue weighted by molar-refractivity contribution is 5.82. The Hall–Kier alpha value is -3.90. The maximum absolute atomic E-state index is 13.6. The highest BCUT2D eigenvalue weighted by Crippen LogP contribution is 2.46. The predicted octanol–water partition coefficient (Wildman–Crippen LogP) is 1.69. The molecule has 0 aliphatic carbocycles. The van der Waals surface area contributed by atoms with Crippen LogP contribution in [0.1, 0.15) is 81.1 Å². The molecule has 24 heteroatoms. The summed E-state index contributed by atoms with van der Waals surface area (Å²) in [5, 5.41) is 51.4. The van der Waals surface area contributed by atoms with Crippen molar-refractivity contribution in [2.75, 3.05) is 112 Å². The van der Waals surface area contributed by atoms with Gasteiger partial charge in [0, 0.05) is 49.1 Å². The van der Waals surface area contributed by atoms with Crippen LogP contribution in [-0.4, -0.2) is 181 Å². The number of azide groups is 2. The van der Waals surface area contributed by atoms with Crippen LogP contribution in [0.25, 0.3) is 20.9 Å². The number of nitrogens with one attached hydrogen (secondary N) is 2. The van der Waals surface area contributed by atoms with Gasteiger partial charge >= 0.3 is 23.9 Å². The lowest BCUT2D eigenvalue weighted by atomic mass is 9.65. The fraction of sp³-hybridized carbons (Fsp3) is 0.902. The van der Waals surface area contributed by atoms with Crippen LogP contribution in [-0.2, 0) is 52.3 Å². The number of esters is 4. The van der Waals surface area contributed by atoms with Crippen molar-refractivity contribution in [1.82, 2.24) is 10.6 Å². The lowest BCUT2D eigenvalue weighted by molar-refractivity contribution is -0.172. The Labute approximate surface area is 383 Å². The monoisotopic (exact) mass is 938 g/mol. The van der Waals surface area contributed by atoms with E-state index in [4.69, 9.17) is 55.1 Å². The van der Waals surface area contributed by atoms with Crippen molar-refractivity contribution in [2.45, 2.75) is 105 Å². The third-order valence-electron chi connectivity index (χ3n) is 9.90. The molecule has 1 saturated heterocycles. The summed E-state index contributed by atoms with van der Waals surface area (Å²) in [6.07, 6.45) is -2.24. The lowest BCUT2D eigenvalue weighted by Crippen LogP contribution is -2.45. The van der Waals surface area contributed by atoms with E-state index in [1.54, 1.807) is 41.7 Å². The number of aliphatic hydroxyl groups excluding tert-OH is 4. The average molecular weight is 938 g/mol. The first-order valence-corrected chi connectivity index (χ1v) is 21.8. The summed E-state index contributed by atoms with van der Waals surface area (Å²) in [4.78, 5) is 56.3. The second kappa shape index (κ2) is 35.3. The summed E-state index contributed by atoms with van der Waals surface area (Å²) < 4.78 is 36.2. The Morgan fingerprint density at radius 1 is 0.723 bits per heavy atom. The molecule has 65 heavy (non-hydrogen) atoms. The molecule has 0 amide bonds. The van der Waals surface area contributed by atoms with Crippen LogP contribution in [0.3, 0.4) is 0 Å². The van der Waals surface area contributed by atoms with Crippen molar-refractivity contribution in [1.29, 1.82) is 0 Å². The van der Waals surface area contributed by atoms with E-state index in [2.05, 4.69) is 30.7 Å². The van der Waals surface area contributed by atoms with Crippen molar-refractivity contribution in [2.24, 2.45) is 37.6 Å². The van der Waals surface area contributed by atoms with Gasteiger partial charge in [-0.1, -0.05) is 24.1 Å². The van der Waals surface area contributed by atoms with E-state index in [1.807, 2.05) is 20.8 Å². The summed E-state index contributed by atoms with van der Waals surface area (Å²) in [6, 6.07) is 0. The maximum atomic E-state index is 13.6. The molecule has 24 nitrogen and oxygen atoms in total. The van der Waals surface area contributed by atoms with Crippen molar-refractivity contribution in [3.05, 3.63) is 20.9 Å². The number of rotatable bonds is 34. The Kier molecular flexibility index (Phi) is 34.3. The van der Waals surface area contributed by atoms with Gasteiger partial charge in [0.1, 0.15) is 50.8 Å². The number of epoxide rings is 1. The van der Waals surface area contributed by atoms with E-state index >= 15 is 0 Å². The van der Waals surface area contributed by atoms with Gasteiger partial charge in [-0.2, -0.15) is 0 Å². The molecule has 0 bridgehead atoms. The highest BCUT2D eigenvalue weighted by atomic mass is 16.6. The van der Waals surface area contributed by atoms with Gasteiger partial charge in [0.25, 0.3) is 0 Å². The SMILES string of the molecule is CCC(C)(C)C(=O)OCC1CO1.CCC(C)(CC(C)(CC(C)(C)C(=O)OCC(O)CO)C(=O)OCC(O)CNCCOCCN=[N+]=[N-])C(=O)OCC(O)CNC.[N-]=[N+]=NCCOCCN. The first-order valence-electron chi connectivity index (χ1n) is 21.8. The number of hydrogen-bond acceptors (Lipinski definition) is 20. The molecule has 0 aromatic heterocycles. The quantitative estimate of drug-likeness (QED) is 0.00918. The molecule has 6 unspecified atom stereocenters. The van der Waals surface area contributed by atoms with Crippen LogP contribution in [0.2, 0.25) is 0 Å². The molecule has 0 saturated carbocycles. The minimum Gasteiger partial charge on any atom is -0.462 e. The zero-order valence-corrected chi connectivity index (χ0v) is 40.0. The van der Waals surface area contributed by atoms with E-state index in [1.165, 1.54) is 0 Å². The Morgan fingerprint density at radius 3 is 1.69 bits per heavy atom. The van der Waals surface area contributed by atoms with Crippen LogP contribution in [0.5, 0.6) is 0 Å². The molecule has 0 spiro atoms. The Morgan fingerprint density at radius 2 is 1.22 bits per heavy atom. The molecule has 1 fully saturated rings. The molecule has 1 rings (SSSR count). The fourth-order valence-corrected chi connectivity index (χ4v) is 5.60. The second-order valence-corrected chi connectivity index (χ2v) is 17.1. The van der Waals surface area contributed by atoms with Crippen LogP contribution < -0.4 is 16.4 Å². The van der Waals surface area contributed by atoms with E-state index in [0.29, 0.717) is 46.1 Å². The molecule has 1 aliphatic heterocycles. The third kappa shape index (κ3) is 30.1. The summed E-state index contributed by atoms with van der Waals surface area (Å²) in [6.45, 7) is 16.7. The molecule has 0 radical (unpaired) electrons. The van der Waals surface area contributed by atoms with Crippen LogP contribution >= 0.6 is 0 Å². The topological polar surface area (TPSA) is 365 Å². The normalized spacial score (nSPS) is 16.4. The summed E-state index contributed by atoms with van der Waals surface area (Å²) in [5.41, 5.74) is 16.9. The van der Waals surface area contributed by atoms with Crippen molar-refractivity contribution in [3.63, 3.8) is 0 Å². The third-order valence-corrected chi connectivity index (χ3v) is 9.90. The number of nitrogens with zero attached hydrogens (tertiary/aromatic N) is 6. The Balaban J connectivity index is 0. The van der Waals surface area contributed by atoms with E-state index in [0.717, 1.165) is 13.0 Å². The standard InChI is InChI=1S/C28H53N5O11.C9H16O3.C4H10N4O/c1-7-27(4,24(39)43-15-20(35)12-30-6)19-28(5,18-26(2,3)23(38)42-17-22(37)14-34)25(40)44-16-21(36)13-31-8-10-41-11-9-32-33-29;1-4-9(2,3)8(10)12-6-7-5-11-7;5-1-3-9-4-2-7-8-6/h20-22,30-31,34-37H,7-19H2,1-6H3;7H,4-6H2,1-3H3;1-5H2. The summed E-state index contributed by atoms with van der Waals surface area (Å²) in [5.74, 6) is -2.24. The van der Waals surface area contributed by atoms with Crippen LogP contribution in [0.15, 0.2) is 10.2 Å². The smallest absolute Gasteiger partial charge is 0.311 e. The number of carbonyl (C=O) groups excluding carboxylic acids is 4. The highest BCUT2D eigenvalue weighted by Gasteiger charge is 2.50. The van der Waals surface area contributed by atoms with Gasteiger partial charge in [-0.05, 0) is 85.3 Å². The van der Waals surface area contributed by atoms with Gasteiger partial charge in [0.2, 0.25) is 0 Å². The zero-order chi connectivity index (χ0) is 50.0. The summed E-state index contributed by atoms with van der Waals surface area (Å²) in [7, 11) is 1.65. The average Bonchev–Trinajstić information content (AvgIpc) is 4.11. The van der Waals surface area contributed by atoms with Gasteiger partial charge in [-0.25, -0.2) is 0 Å². The predicted molar refractivity (Wildman–Crippen MR) is 238 cm³/mol. The fourth-order valence-electron chi connectivity index (χ4n) is 5.60. The maximum Gasteiger partial charge on any atom is 0.311 e. The van der Waals surface area contributed by atoms with Gasteiger partial charge in [-0.15, -0.1) is 0 Å². The molecule has 6 atom stereocenters. The number of nitrogens with two attached hydrogens (primary N) is 1. The number of carbonyl (C=O) groups is 4. The largest absolute Gasteiger partial charge is 0.462 e. The van der Waals surface area contributed by atoms with Crippen molar-refractivity contribution < 1.29 is 72.8 Å². The number of aliphatic hydroxyl groups is 4. The van der Waals surface area contributed by atoms with Gasteiger partial charge in [0.15, 0.2) is 0 Å². The second-order valence-electron chi connectivity index (χ2n) is 17.1. The summed E-state index contributed by atoms with van der Waals surface area (Å²) >= 11 is 0. The minimum absolute atomic E-state index is 0.0860. The molecule has 0 aromatic rings. The number of hydrogen-bond donors (Lipinski definition) is 7. The van der Waals surface area contributed by atoms with Gasteiger partial charge in [-0.3, -0.25) is 19.2 Å². The molecular formula is C41H79N9O15. The van der Waals surface area contributed by atoms with Crippen molar-refractivity contribution in [3.8, 4) is 0 Å². The molecule has 1 aliphatic rings. The molecule has 1 heterocycles. The minimum atomic E-state index is -1.45. The van der Waals surface area contributed by atoms with Crippen LogP contribution in [0, 0.1) is 21.7 Å². The van der Waals surface area contributed by atoms with Gasteiger partial charge in [0.05, 0.1) is 61.3 Å². The molecule has 378 valence electrons. The molecule has 8 N–H and O–H groups in total. The first-order chi connectivity index (χ1) is 30.6. The zero-order valence-electron chi connectivity index (χ0n) is 40.0. The number of ether oxygens (including phenoxy) is 7. The Bertz CT molecular complexity index is 1450. The lowest BCUT2D eigenvalue weighted by Gasteiger charge is -2.39. The molecule has 0 aromatic carbocycles. The van der Waals surface area contributed by atoms with E-state index in [9.17, 15) is 34.5 Å². The van der Waals surface area contributed by atoms with E-state index in [-0.39, 0.29) is 76.2 Å². The van der Waals surface area contributed by atoms with Crippen molar-refractivity contribution >= 4 is 23.9 Å².